The van der Waals surface area contributed by atoms with E-state index in [9.17, 15) is 4.79 Å². The lowest BCUT2D eigenvalue weighted by molar-refractivity contribution is 0.148. The van der Waals surface area contributed by atoms with Crippen molar-refractivity contribution in [3.05, 3.63) is 52.5 Å². The Morgan fingerprint density at radius 3 is 2.85 bits per heavy atom. The van der Waals surface area contributed by atoms with E-state index in [-0.39, 0.29) is 6.03 Å². The number of aryl methyl sites for hydroxylation is 1. The molecule has 7 heteroatoms. The molecule has 1 N–H and O–H groups in total. The van der Waals surface area contributed by atoms with Crippen molar-refractivity contribution in [2.45, 2.75) is 13.3 Å². The van der Waals surface area contributed by atoms with Gasteiger partial charge in [-0.3, -0.25) is 14.6 Å². The van der Waals surface area contributed by atoms with Gasteiger partial charge in [0.25, 0.3) is 0 Å². The van der Waals surface area contributed by atoms with E-state index in [0.717, 1.165) is 50.4 Å². The van der Waals surface area contributed by atoms with Gasteiger partial charge in [0.1, 0.15) is 11.5 Å². The van der Waals surface area contributed by atoms with Crippen LogP contribution in [0, 0.1) is 6.92 Å². The zero-order valence-corrected chi connectivity index (χ0v) is 15.7. The van der Waals surface area contributed by atoms with Gasteiger partial charge in [-0.1, -0.05) is 12.1 Å². The van der Waals surface area contributed by atoms with Crippen molar-refractivity contribution < 1.29 is 4.79 Å². The second-order valence-electron chi connectivity index (χ2n) is 6.62. The fourth-order valence-electron chi connectivity index (χ4n) is 3.33. The van der Waals surface area contributed by atoms with Crippen LogP contribution in [0.3, 0.4) is 0 Å². The largest absolute Gasteiger partial charge is 0.323 e. The number of carbonyl (C=O) groups excluding carboxylic acids is 1. The number of amides is 2. The van der Waals surface area contributed by atoms with Crippen molar-refractivity contribution in [3.8, 4) is 0 Å². The topological polar surface area (TPSA) is 52.9 Å². The Labute approximate surface area is 157 Å². The minimum atomic E-state index is -0.0498. The highest BCUT2D eigenvalue weighted by Gasteiger charge is 2.21. The van der Waals surface area contributed by atoms with Crippen molar-refractivity contribution in [2.75, 3.05) is 38.0 Å². The van der Waals surface area contributed by atoms with Crippen molar-refractivity contribution in [1.82, 2.24) is 19.2 Å². The van der Waals surface area contributed by atoms with E-state index in [1.165, 1.54) is 4.88 Å². The van der Waals surface area contributed by atoms with Crippen molar-refractivity contribution >= 4 is 28.8 Å². The quantitative estimate of drug-likeness (QED) is 0.769. The third kappa shape index (κ3) is 3.59. The third-order valence-corrected chi connectivity index (χ3v) is 5.82. The Morgan fingerprint density at radius 2 is 2.08 bits per heavy atom. The molecular formula is C19H23N5OS. The van der Waals surface area contributed by atoms with Gasteiger partial charge in [0.15, 0.2) is 0 Å². The molecule has 1 saturated heterocycles. The van der Waals surface area contributed by atoms with Crippen LogP contribution in [0.25, 0.3) is 5.65 Å². The number of carbonyl (C=O) groups is 1. The summed E-state index contributed by atoms with van der Waals surface area (Å²) in [7, 11) is 0. The summed E-state index contributed by atoms with van der Waals surface area (Å²) < 4.78 is 1.92. The predicted molar refractivity (Wildman–Crippen MR) is 105 cm³/mol. The van der Waals surface area contributed by atoms with Gasteiger partial charge in [-0.05, 0) is 36.4 Å². The smallest absolute Gasteiger partial charge is 0.322 e. The molecule has 0 atom stereocenters. The molecular weight excluding hydrogens is 346 g/mol. The van der Waals surface area contributed by atoms with Crippen LogP contribution in [-0.2, 0) is 6.42 Å². The summed E-state index contributed by atoms with van der Waals surface area (Å²) in [6, 6.07) is 8.22. The maximum absolute atomic E-state index is 12.6. The minimum absolute atomic E-state index is 0.0498. The number of aromatic nitrogens is 2. The maximum Gasteiger partial charge on any atom is 0.323 e. The van der Waals surface area contributed by atoms with Gasteiger partial charge in [-0.2, -0.15) is 0 Å². The van der Waals surface area contributed by atoms with Crippen LogP contribution in [0.1, 0.15) is 10.4 Å². The van der Waals surface area contributed by atoms with Crippen molar-refractivity contribution in [3.63, 3.8) is 0 Å². The molecule has 26 heavy (non-hydrogen) atoms. The highest BCUT2D eigenvalue weighted by molar-refractivity contribution is 7.09. The highest BCUT2D eigenvalue weighted by Crippen LogP contribution is 2.16. The average Bonchev–Trinajstić information content (AvgIpc) is 3.31. The standard InChI is InChI=1S/C19H23N5OS/c1-15-4-2-7-24-17(14-20-18(15)24)21-19(25)23-11-9-22(10-12-23)8-6-16-5-3-13-26-16/h2-5,7,13-14H,6,8-12H2,1H3,(H,21,25). The number of hydrogen-bond acceptors (Lipinski definition) is 4. The Morgan fingerprint density at radius 1 is 1.23 bits per heavy atom. The lowest BCUT2D eigenvalue weighted by Gasteiger charge is -2.34. The van der Waals surface area contributed by atoms with E-state index in [1.807, 2.05) is 45.9 Å². The zero-order valence-electron chi connectivity index (χ0n) is 14.9. The molecule has 4 heterocycles. The number of nitrogens with zero attached hydrogens (tertiary/aromatic N) is 4. The Hall–Kier alpha value is -2.38. The molecule has 2 amide bonds. The normalized spacial score (nSPS) is 15.5. The number of rotatable bonds is 4. The molecule has 1 aliphatic rings. The number of imidazole rings is 1. The lowest BCUT2D eigenvalue weighted by Crippen LogP contribution is -2.50. The molecule has 0 unspecified atom stereocenters. The van der Waals surface area contributed by atoms with Gasteiger partial charge in [0.2, 0.25) is 0 Å². The number of pyridine rings is 1. The minimum Gasteiger partial charge on any atom is -0.322 e. The van der Waals surface area contributed by atoms with Gasteiger partial charge in [0, 0.05) is 43.8 Å². The number of fused-ring (bicyclic) bond motifs is 1. The van der Waals surface area contributed by atoms with Crippen LogP contribution >= 0.6 is 11.3 Å². The van der Waals surface area contributed by atoms with Crippen LogP contribution < -0.4 is 5.32 Å². The molecule has 0 bridgehead atoms. The Bertz CT molecular complexity index is 881. The average molecular weight is 369 g/mol. The first-order chi connectivity index (χ1) is 12.7. The van der Waals surface area contributed by atoms with Crippen LogP contribution in [-0.4, -0.2) is 57.9 Å². The molecule has 136 valence electrons. The van der Waals surface area contributed by atoms with E-state index in [2.05, 4.69) is 32.7 Å². The number of hydrogen-bond donors (Lipinski definition) is 1. The molecule has 0 aliphatic carbocycles. The van der Waals surface area contributed by atoms with Crippen LogP contribution in [0.15, 0.2) is 42.0 Å². The second kappa shape index (κ2) is 7.47. The van der Waals surface area contributed by atoms with Gasteiger partial charge in [0.05, 0.1) is 6.20 Å². The predicted octanol–water partition coefficient (Wildman–Crippen LogP) is 3.10. The first kappa shape index (κ1) is 17.1. The molecule has 3 aromatic rings. The molecule has 0 radical (unpaired) electrons. The monoisotopic (exact) mass is 369 g/mol. The summed E-state index contributed by atoms with van der Waals surface area (Å²) in [6.45, 7) is 6.43. The molecule has 0 aromatic carbocycles. The van der Waals surface area contributed by atoms with Crippen LogP contribution in [0.4, 0.5) is 10.6 Å². The molecule has 3 aromatic heterocycles. The second-order valence-corrected chi connectivity index (χ2v) is 7.65. The third-order valence-electron chi connectivity index (χ3n) is 4.88. The van der Waals surface area contributed by atoms with Gasteiger partial charge >= 0.3 is 6.03 Å². The highest BCUT2D eigenvalue weighted by atomic mass is 32.1. The molecule has 1 fully saturated rings. The summed E-state index contributed by atoms with van der Waals surface area (Å²) in [4.78, 5) is 22.7. The van der Waals surface area contributed by atoms with Crippen LogP contribution in [0.2, 0.25) is 0 Å². The first-order valence-electron chi connectivity index (χ1n) is 8.94. The first-order valence-corrected chi connectivity index (χ1v) is 9.82. The van der Waals surface area contributed by atoms with E-state index >= 15 is 0 Å². The summed E-state index contributed by atoms with van der Waals surface area (Å²) in [6.07, 6.45) is 4.73. The van der Waals surface area contributed by atoms with E-state index < -0.39 is 0 Å². The van der Waals surface area contributed by atoms with Crippen molar-refractivity contribution in [2.24, 2.45) is 0 Å². The molecule has 6 nitrogen and oxygen atoms in total. The van der Waals surface area contributed by atoms with E-state index in [0.29, 0.717) is 5.82 Å². The molecule has 0 spiro atoms. The van der Waals surface area contributed by atoms with Gasteiger partial charge in [-0.15, -0.1) is 11.3 Å². The van der Waals surface area contributed by atoms with Gasteiger partial charge < -0.3 is 4.90 Å². The van der Waals surface area contributed by atoms with Crippen LogP contribution in [0.5, 0.6) is 0 Å². The molecule has 4 rings (SSSR count). The molecule has 1 aliphatic heterocycles. The lowest BCUT2D eigenvalue weighted by atomic mass is 10.2. The van der Waals surface area contributed by atoms with Gasteiger partial charge in [-0.25, -0.2) is 9.78 Å². The maximum atomic E-state index is 12.6. The zero-order chi connectivity index (χ0) is 17.9. The fourth-order valence-corrected chi connectivity index (χ4v) is 4.03. The number of thiophene rings is 1. The Balaban J connectivity index is 1.31. The Kier molecular flexibility index (Phi) is 4.90. The summed E-state index contributed by atoms with van der Waals surface area (Å²) in [5.74, 6) is 0.717. The SMILES string of the molecule is Cc1cccn2c(NC(=O)N3CCN(CCc4cccs4)CC3)cnc12. The fraction of sp³-hybridized carbons (Fsp3) is 0.368. The number of anilines is 1. The number of nitrogens with one attached hydrogen (secondary N) is 1. The van der Waals surface area contributed by atoms with E-state index in [4.69, 9.17) is 0 Å². The van der Waals surface area contributed by atoms with E-state index in [1.54, 1.807) is 6.20 Å². The molecule has 0 saturated carbocycles. The van der Waals surface area contributed by atoms with Crippen molar-refractivity contribution in [1.29, 1.82) is 0 Å². The summed E-state index contributed by atoms with van der Waals surface area (Å²) in [5.41, 5.74) is 1.97. The number of urea groups is 1. The summed E-state index contributed by atoms with van der Waals surface area (Å²) in [5, 5.41) is 5.13. The summed E-state index contributed by atoms with van der Waals surface area (Å²) >= 11 is 1.81. The number of piperazine rings is 1.